The summed E-state index contributed by atoms with van der Waals surface area (Å²) in [6, 6.07) is 10.4. The molecular formula is C14H15NS. The molecule has 1 atom stereocenters. The van der Waals surface area contributed by atoms with Crippen LogP contribution in [0.3, 0.4) is 0 Å². The highest BCUT2D eigenvalue weighted by Crippen LogP contribution is 2.59. The van der Waals surface area contributed by atoms with Crippen LogP contribution in [0.15, 0.2) is 35.7 Å². The van der Waals surface area contributed by atoms with Gasteiger partial charge in [0.1, 0.15) is 0 Å². The van der Waals surface area contributed by atoms with Gasteiger partial charge in [0.2, 0.25) is 0 Å². The molecule has 1 nitrogen and oxygen atoms in total. The Hall–Kier alpha value is -1.15. The van der Waals surface area contributed by atoms with E-state index in [-0.39, 0.29) is 0 Å². The van der Waals surface area contributed by atoms with Crippen LogP contribution in [0.4, 0.5) is 0 Å². The number of rotatable bonds is 2. The van der Waals surface area contributed by atoms with E-state index in [1.807, 2.05) is 6.07 Å². The van der Waals surface area contributed by atoms with Gasteiger partial charge in [0.25, 0.3) is 0 Å². The SMILES string of the molecule is CC1(C)CC1c1nc(-c2ccccc2)cs1. The molecule has 0 amide bonds. The summed E-state index contributed by atoms with van der Waals surface area (Å²) in [5, 5.41) is 3.49. The largest absolute Gasteiger partial charge is 0.241 e. The van der Waals surface area contributed by atoms with Crippen molar-refractivity contribution in [2.45, 2.75) is 26.2 Å². The zero-order valence-corrected chi connectivity index (χ0v) is 10.4. The Morgan fingerprint density at radius 2 is 1.94 bits per heavy atom. The summed E-state index contributed by atoms with van der Waals surface area (Å²) < 4.78 is 0. The molecule has 0 bridgehead atoms. The van der Waals surface area contributed by atoms with E-state index in [1.54, 1.807) is 11.3 Å². The van der Waals surface area contributed by atoms with Crippen molar-refractivity contribution in [3.05, 3.63) is 40.7 Å². The molecule has 0 spiro atoms. The van der Waals surface area contributed by atoms with E-state index in [2.05, 4.69) is 43.5 Å². The van der Waals surface area contributed by atoms with Crippen LogP contribution < -0.4 is 0 Å². The van der Waals surface area contributed by atoms with Crippen molar-refractivity contribution in [3.8, 4) is 11.3 Å². The summed E-state index contributed by atoms with van der Waals surface area (Å²) in [6.45, 7) is 4.64. The van der Waals surface area contributed by atoms with Crippen molar-refractivity contribution >= 4 is 11.3 Å². The van der Waals surface area contributed by atoms with Crippen molar-refractivity contribution in [3.63, 3.8) is 0 Å². The molecule has 1 saturated carbocycles. The van der Waals surface area contributed by atoms with E-state index in [0.29, 0.717) is 11.3 Å². The van der Waals surface area contributed by atoms with Gasteiger partial charge in [0, 0.05) is 16.9 Å². The van der Waals surface area contributed by atoms with Gasteiger partial charge >= 0.3 is 0 Å². The molecular weight excluding hydrogens is 214 g/mol. The van der Waals surface area contributed by atoms with Crippen LogP contribution in [0.25, 0.3) is 11.3 Å². The van der Waals surface area contributed by atoms with Gasteiger partial charge in [-0.25, -0.2) is 4.98 Å². The number of thiazole rings is 1. The molecule has 2 heteroatoms. The molecule has 16 heavy (non-hydrogen) atoms. The minimum Gasteiger partial charge on any atom is -0.241 e. The Labute approximate surface area is 100 Å². The second-order valence-corrected chi connectivity index (χ2v) is 6.07. The molecule has 1 aliphatic carbocycles. The van der Waals surface area contributed by atoms with Gasteiger partial charge < -0.3 is 0 Å². The molecule has 0 radical (unpaired) electrons. The highest BCUT2D eigenvalue weighted by molar-refractivity contribution is 7.10. The molecule has 1 aromatic heterocycles. The van der Waals surface area contributed by atoms with Crippen molar-refractivity contribution < 1.29 is 0 Å². The van der Waals surface area contributed by atoms with Crippen molar-refractivity contribution in [2.75, 3.05) is 0 Å². The average Bonchev–Trinajstić information content (AvgIpc) is 2.76. The molecule has 1 fully saturated rings. The third kappa shape index (κ3) is 1.67. The van der Waals surface area contributed by atoms with E-state index in [1.165, 1.54) is 17.0 Å². The molecule has 0 aliphatic heterocycles. The first-order valence-electron chi connectivity index (χ1n) is 5.68. The topological polar surface area (TPSA) is 12.9 Å². The van der Waals surface area contributed by atoms with Gasteiger partial charge in [0.15, 0.2) is 0 Å². The lowest BCUT2D eigenvalue weighted by atomic mass is 10.1. The minimum absolute atomic E-state index is 0.478. The maximum atomic E-state index is 4.76. The number of nitrogens with zero attached hydrogens (tertiary/aromatic N) is 1. The predicted octanol–water partition coefficient (Wildman–Crippen LogP) is 4.32. The summed E-state index contributed by atoms with van der Waals surface area (Å²) in [5.74, 6) is 0.690. The first-order valence-corrected chi connectivity index (χ1v) is 6.56. The van der Waals surface area contributed by atoms with E-state index in [4.69, 9.17) is 4.98 Å². The van der Waals surface area contributed by atoms with Crippen molar-refractivity contribution in [1.82, 2.24) is 4.98 Å². The monoisotopic (exact) mass is 229 g/mol. The van der Waals surface area contributed by atoms with Crippen LogP contribution in [0.1, 0.15) is 31.2 Å². The van der Waals surface area contributed by atoms with Crippen LogP contribution in [0, 0.1) is 5.41 Å². The minimum atomic E-state index is 0.478. The van der Waals surface area contributed by atoms with Gasteiger partial charge in [-0.05, 0) is 11.8 Å². The van der Waals surface area contributed by atoms with E-state index in [9.17, 15) is 0 Å². The highest BCUT2D eigenvalue weighted by Gasteiger charge is 2.48. The predicted molar refractivity (Wildman–Crippen MR) is 68.7 cm³/mol. The highest BCUT2D eigenvalue weighted by atomic mass is 32.1. The molecule has 1 aliphatic rings. The van der Waals surface area contributed by atoms with E-state index < -0.39 is 0 Å². The zero-order chi connectivity index (χ0) is 11.2. The third-order valence-electron chi connectivity index (χ3n) is 3.40. The average molecular weight is 229 g/mol. The van der Waals surface area contributed by atoms with E-state index >= 15 is 0 Å². The van der Waals surface area contributed by atoms with Gasteiger partial charge in [-0.3, -0.25) is 0 Å². The fraction of sp³-hybridized carbons (Fsp3) is 0.357. The normalized spacial score (nSPS) is 22.0. The van der Waals surface area contributed by atoms with Crippen LogP contribution in [0.2, 0.25) is 0 Å². The lowest BCUT2D eigenvalue weighted by Crippen LogP contribution is -1.89. The van der Waals surface area contributed by atoms with Crippen LogP contribution >= 0.6 is 11.3 Å². The molecule has 82 valence electrons. The summed E-state index contributed by atoms with van der Waals surface area (Å²) >= 11 is 1.81. The van der Waals surface area contributed by atoms with Gasteiger partial charge in [-0.15, -0.1) is 11.3 Å². The Bertz CT molecular complexity index is 498. The first-order chi connectivity index (χ1) is 7.67. The standard InChI is InChI=1S/C14H15NS/c1-14(2)8-11(14)13-15-12(9-16-13)10-6-4-3-5-7-10/h3-7,9,11H,8H2,1-2H3. The van der Waals surface area contributed by atoms with Crippen LogP contribution in [-0.2, 0) is 0 Å². The second-order valence-electron chi connectivity index (χ2n) is 5.18. The number of hydrogen-bond donors (Lipinski definition) is 0. The number of benzene rings is 1. The summed E-state index contributed by atoms with van der Waals surface area (Å²) in [5.41, 5.74) is 2.83. The summed E-state index contributed by atoms with van der Waals surface area (Å²) in [4.78, 5) is 4.76. The molecule has 1 heterocycles. The Morgan fingerprint density at radius 1 is 1.25 bits per heavy atom. The maximum absolute atomic E-state index is 4.76. The zero-order valence-electron chi connectivity index (χ0n) is 9.60. The third-order valence-corrected chi connectivity index (χ3v) is 4.36. The Balaban J connectivity index is 1.89. The summed E-state index contributed by atoms with van der Waals surface area (Å²) in [7, 11) is 0. The van der Waals surface area contributed by atoms with Gasteiger partial charge in [0.05, 0.1) is 10.7 Å². The van der Waals surface area contributed by atoms with Gasteiger partial charge in [-0.1, -0.05) is 44.2 Å². The van der Waals surface area contributed by atoms with E-state index in [0.717, 1.165) is 5.69 Å². The Morgan fingerprint density at radius 3 is 2.56 bits per heavy atom. The fourth-order valence-electron chi connectivity index (χ4n) is 2.08. The van der Waals surface area contributed by atoms with Crippen LogP contribution in [0.5, 0.6) is 0 Å². The van der Waals surface area contributed by atoms with Crippen molar-refractivity contribution in [1.29, 1.82) is 0 Å². The second kappa shape index (κ2) is 3.42. The number of aromatic nitrogens is 1. The quantitative estimate of drug-likeness (QED) is 0.747. The maximum Gasteiger partial charge on any atom is 0.0969 e. The molecule has 1 unspecified atom stereocenters. The fourth-order valence-corrected chi connectivity index (χ4v) is 3.22. The van der Waals surface area contributed by atoms with Crippen LogP contribution in [-0.4, -0.2) is 4.98 Å². The molecule has 3 rings (SSSR count). The Kier molecular flexibility index (Phi) is 2.15. The smallest absolute Gasteiger partial charge is 0.0969 e. The number of hydrogen-bond acceptors (Lipinski definition) is 2. The lowest BCUT2D eigenvalue weighted by molar-refractivity contribution is 0.620. The lowest BCUT2D eigenvalue weighted by Gasteiger charge is -1.98. The molecule has 2 aromatic rings. The molecule has 0 saturated heterocycles. The molecule has 1 aromatic carbocycles. The first kappa shape index (κ1) is 10.0. The van der Waals surface area contributed by atoms with Gasteiger partial charge in [-0.2, -0.15) is 0 Å². The summed E-state index contributed by atoms with van der Waals surface area (Å²) in [6.07, 6.45) is 1.29. The molecule has 0 N–H and O–H groups in total. The van der Waals surface area contributed by atoms with Crippen molar-refractivity contribution in [2.24, 2.45) is 5.41 Å².